The topological polar surface area (TPSA) is 86.2 Å². The summed E-state index contributed by atoms with van der Waals surface area (Å²) in [4.78, 5) is 22.3. The van der Waals surface area contributed by atoms with E-state index in [9.17, 15) is 28.1 Å². The van der Waals surface area contributed by atoms with Gasteiger partial charge in [-0.25, -0.2) is 0 Å². The van der Waals surface area contributed by atoms with Crippen LogP contribution < -0.4 is 0 Å². The number of ketones is 1. The molecule has 1 aromatic carbocycles. The maximum atomic E-state index is 12.7. The molecule has 23 heavy (non-hydrogen) atoms. The van der Waals surface area contributed by atoms with E-state index in [0.717, 1.165) is 18.9 Å². The van der Waals surface area contributed by atoms with Gasteiger partial charge in [-0.1, -0.05) is 5.16 Å². The second kappa shape index (κ2) is 5.18. The van der Waals surface area contributed by atoms with Crippen molar-refractivity contribution < 1.29 is 27.4 Å². The van der Waals surface area contributed by atoms with Gasteiger partial charge in [0.25, 0.3) is 5.69 Å². The Morgan fingerprint density at radius 3 is 2.57 bits per heavy atom. The average molecular weight is 326 g/mol. The number of carbonyl (C=O) groups excluding carboxylic acids is 1. The molecule has 0 radical (unpaired) electrons. The third-order valence-corrected chi connectivity index (χ3v) is 3.51. The minimum absolute atomic E-state index is 0.158. The van der Waals surface area contributed by atoms with Crippen LogP contribution in [0, 0.1) is 10.1 Å². The Morgan fingerprint density at radius 2 is 2.00 bits per heavy atom. The lowest BCUT2D eigenvalue weighted by Crippen LogP contribution is -2.10. The molecular formula is C14H9F3N2O4. The number of hydrogen-bond acceptors (Lipinski definition) is 5. The number of carbonyl (C=O) groups is 1. The van der Waals surface area contributed by atoms with Crippen LogP contribution in [0.15, 0.2) is 28.8 Å². The minimum Gasteiger partial charge on any atom is -0.360 e. The van der Waals surface area contributed by atoms with Gasteiger partial charge in [-0.3, -0.25) is 14.9 Å². The quantitative estimate of drug-likeness (QED) is 0.485. The number of hydrogen-bond donors (Lipinski definition) is 0. The molecule has 1 aromatic heterocycles. The van der Waals surface area contributed by atoms with Crippen molar-refractivity contribution in [3.63, 3.8) is 0 Å². The van der Waals surface area contributed by atoms with E-state index in [1.54, 1.807) is 0 Å². The standard InChI is InChI=1S/C14H9F3N2O4/c15-14(16,17)8-3-4-9(11(5-8)19(21)22)13(20)10-6-12(23-18-10)7-1-2-7/h3-7H,1-2H2. The zero-order valence-corrected chi connectivity index (χ0v) is 11.5. The van der Waals surface area contributed by atoms with Crippen molar-refractivity contribution in [2.75, 3.05) is 0 Å². The minimum atomic E-state index is -4.74. The maximum Gasteiger partial charge on any atom is 0.416 e. The summed E-state index contributed by atoms with van der Waals surface area (Å²) in [7, 11) is 0. The van der Waals surface area contributed by atoms with Crippen molar-refractivity contribution >= 4 is 11.5 Å². The molecule has 0 N–H and O–H groups in total. The Hall–Kier alpha value is -2.71. The molecule has 0 bridgehead atoms. The SMILES string of the molecule is O=C(c1cc(C2CC2)on1)c1ccc(C(F)(F)F)cc1[N+](=O)[O-]. The van der Waals surface area contributed by atoms with Crippen molar-refractivity contribution in [1.82, 2.24) is 5.16 Å². The summed E-state index contributed by atoms with van der Waals surface area (Å²) < 4.78 is 42.9. The van der Waals surface area contributed by atoms with E-state index in [1.165, 1.54) is 6.07 Å². The molecule has 0 amide bonds. The summed E-state index contributed by atoms with van der Waals surface area (Å²) in [5.41, 5.74) is -2.73. The van der Waals surface area contributed by atoms with Crippen LogP contribution in [-0.4, -0.2) is 15.9 Å². The van der Waals surface area contributed by atoms with Gasteiger partial charge in [0.15, 0.2) is 5.69 Å². The van der Waals surface area contributed by atoms with Crippen molar-refractivity contribution in [3.05, 3.63) is 57.0 Å². The van der Waals surface area contributed by atoms with Gasteiger partial charge in [-0.15, -0.1) is 0 Å². The third kappa shape index (κ3) is 2.94. The summed E-state index contributed by atoms with van der Waals surface area (Å²) >= 11 is 0. The summed E-state index contributed by atoms with van der Waals surface area (Å²) in [5.74, 6) is -0.157. The molecule has 1 aliphatic carbocycles. The van der Waals surface area contributed by atoms with Gasteiger partial charge >= 0.3 is 6.18 Å². The average Bonchev–Trinajstić information content (AvgIpc) is 3.22. The van der Waals surface area contributed by atoms with Crippen LogP contribution in [0.5, 0.6) is 0 Å². The molecule has 1 aliphatic rings. The Bertz CT molecular complexity index is 794. The van der Waals surface area contributed by atoms with Gasteiger partial charge in [0.2, 0.25) is 5.78 Å². The van der Waals surface area contributed by atoms with Crippen LogP contribution in [0.2, 0.25) is 0 Å². The maximum absolute atomic E-state index is 12.7. The van der Waals surface area contributed by atoms with Crippen LogP contribution in [0.4, 0.5) is 18.9 Å². The smallest absolute Gasteiger partial charge is 0.360 e. The van der Waals surface area contributed by atoms with E-state index in [4.69, 9.17) is 4.52 Å². The molecule has 120 valence electrons. The first-order valence-electron chi connectivity index (χ1n) is 6.64. The summed E-state index contributed by atoms with van der Waals surface area (Å²) in [5, 5.41) is 14.6. The number of nitro groups is 1. The van der Waals surface area contributed by atoms with E-state index >= 15 is 0 Å². The van der Waals surface area contributed by atoms with Crippen LogP contribution >= 0.6 is 0 Å². The van der Waals surface area contributed by atoms with Crippen molar-refractivity contribution in [2.45, 2.75) is 24.9 Å². The highest BCUT2D eigenvalue weighted by atomic mass is 19.4. The predicted molar refractivity (Wildman–Crippen MR) is 70.0 cm³/mol. The largest absolute Gasteiger partial charge is 0.416 e. The van der Waals surface area contributed by atoms with Crippen LogP contribution in [0.25, 0.3) is 0 Å². The van der Waals surface area contributed by atoms with E-state index in [2.05, 4.69) is 5.16 Å². The molecule has 1 fully saturated rings. The fourth-order valence-corrected chi connectivity index (χ4v) is 2.15. The Morgan fingerprint density at radius 1 is 1.30 bits per heavy atom. The monoisotopic (exact) mass is 326 g/mol. The first-order valence-corrected chi connectivity index (χ1v) is 6.64. The van der Waals surface area contributed by atoms with Gasteiger partial charge in [0, 0.05) is 18.1 Å². The lowest BCUT2D eigenvalue weighted by atomic mass is 10.0. The Labute approximate surface area is 127 Å². The number of rotatable bonds is 4. The number of benzene rings is 1. The second-order valence-electron chi connectivity index (χ2n) is 5.20. The second-order valence-corrected chi connectivity index (χ2v) is 5.20. The number of aromatic nitrogens is 1. The van der Waals surface area contributed by atoms with Crippen LogP contribution in [0.3, 0.4) is 0 Å². The fraction of sp³-hybridized carbons (Fsp3) is 0.286. The van der Waals surface area contributed by atoms with E-state index in [0.29, 0.717) is 17.9 Å². The van der Waals surface area contributed by atoms with Gasteiger partial charge in [0.1, 0.15) is 11.3 Å². The molecule has 9 heteroatoms. The van der Waals surface area contributed by atoms with Gasteiger partial charge in [-0.2, -0.15) is 13.2 Å². The highest BCUT2D eigenvalue weighted by molar-refractivity contribution is 6.10. The molecule has 0 unspecified atom stereocenters. The lowest BCUT2D eigenvalue weighted by molar-refractivity contribution is -0.385. The van der Waals surface area contributed by atoms with E-state index in [-0.39, 0.29) is 11.6 Å². The Balaban J connectivity index is 2.00. The predicted octanol–water partition coefficient (Wildman–Crippen LogP) is 3.71. The van der Waals surface area contributed by atoms with Crippen molar-refractivity contribution in [2.24, 2.45) is 0 Å². The normalized spacial score (nSPS) is 14.7. The Kier molecular flexibility index (Phi) is 3.42. The molecule has 1 saturated carbocycles. The van der Waals surface area contributed by atoms with Crippen LogP contribution in [0.1, 0.15) is 46.1 Å². The molecule has 0 aliphatic heterocycles. The summed E-state index contributed by atoms with van der Waals surface area (Å²) in [6.45, 7) is 0. The number of nitrogens with zero attached hydrogens (tertiary/aromatic N) is 2. The number of nitro benzene ring substituents is 1. The zero-order chi connectivity index (χ0) is 16.8. The van der Waals surface area contributed by atoms with Gasteiger partial charge < -0.3 is 4.52 Å². The van der Waals surface area contributed by atoms with Gasteiger partial charge in [0.05, 0.1) is 10.5 Å². The van der Waals surface area contributed by atoms with Crippen molar-refractivity contribution in [3.8, 4) is 0 Å². The zero-order valence-electron chi connectivity index (χ0n) is 11.5. The number of alkyl halides is 3. The van der Waals surface area contributed by atoms with E-state index in [1.807, 2.05) is 0 Å². The van der Waals surface area contributed by atoms with Crippen molar-refractivity contribution in [1.29, 1.82) is 0 Å². The molecule has 3 rings (SSSR count). The highest BCUT2D eigenvalue weighted by Gasteiger charge is 2.35. The lowest BCUT2D eigenvalue weighted by Gasteiger charge is -2.07. The molecule has 0 spiro atoms. The summed E-state index contributed by atoms with van der Waals surface area (Å²) in [6.07, 6.45) is -2.92. The fourth-order valence-electron chi connectivity index (χ4n) is 2.15. The molecule has 6 nitrogen and oxygen atoms in total. The first-order chi connectivity index (χ1) is 10.8. The van der Waals surface area contributed by atoms with E-state index < -0.39 is 33.7 Å². The molecule has 0 saturated heterocycles. The number of halogens is 3. The molecule has 2 aromatic rings. The molecule has 1 heterocycles. The van der Waals surface area contributed by atoms with Crippen LogP contribution in [-0.2, 0) is 6.18 Å². The third-order valence-electron chi connectivity index (χ3n) is 3.51. The molecular weight excluding hydrogens is 317 g/mol. The first kappa shape index (κ1) is 15.2. The highest BCUT2D eigenvalue weighted by Crippen LogP contribution is 2.40. The molecule has 0 atom stereocenters. The van der Waals surface area contributed by atoms with Gasteiger partial charge in [-0.05, 0) is 25.0 Å². The summed E-state index contributed by atoms with van der Waals surface area (Å²) in [6, 6.07) is 3.13.